The van der Waals surface area contributed by atoms with Gasteiger partial charge in [-0.2, -0.15) is 0 Å². The summed E-state index contributed by atoms with van der Waals surface area (Å²) in [4.78, 5) is 14.8. The van der Waals surface area contributed by atoms with Crippen LogP contribution in [0, 0.1) is 0 Å². The number of anilines is 1. The van der Waals surface area contributed by atoms with Crippen molar-refractivity contribution in [2.45, 2.75) is 23.8 Å². The predicted molar refractivity (Wildman–Crippen MR) is 111 cm³/mol. The van der Waals surface area contributed by atoms with Crippen LogP contribution in [0.1, 0.15) is 24.6 Å². The summed E-state index contributed by atoms with van der Waals surface area (Å²) in [6, 6.07) is 8.93. The van der Waals surface area contributed by atoms with Gasteiger partial charge in [-0.05, 0) is 49.7 Å². The number of methoxy groups -OCH3 is 1. The maximum atomic E-state index is 12.7. The molecule has 1 amide bonds. The zero-order valence-electron chi connectivity index (χ0n) is 17.3. The van der Waals surface area contributed by atoms with Gasteiger partial charge in [-0.15, -0.1) is 0 Å². The molecule has 1 atom stereocenters. The van der Waals surface area contributed by atoms with E-state index < -0.39 is 10.0 Å². The summed E-state index contributed by atoms with van der Waals surface area (Å²) in [5.74, 6) is 0.0597. The fourth-order valence-corrected chi connectivity index (χ4v) is 4.78. The summed E-state index contributed by atoms with van der Waals surface area (Å²) in [5.41, 5.74) is 1.62. The Morgan fingerprint density at radius 3 is 2.69 bits per heavy atom. The quantitative estimate of drug-likeness (QED) is 0.741. The summed E-state index contributed by atoms with van der Waals surface area (Å²) in [7, 11) is 2.64. The number of ether oxygens (including phenoxy) is 1. The third-order valence-corrected chi connectivity index (χ3v) is 7.08. The molecule has 3 rings (SSSR count). The fourth-order valence-electron chi connectivity index (χ4n) is 3.71. The second-order valence-corrected chi connectivity index (χ2v) is 9.49. The summed E-state index contributed by atoms with van der Waals surface area (Å²) in [6.45, 7) is 1.10. The molecule has 0 unspecified atom stereocenters. The summed E-state index contributed by atoms with van der Waals surface area (Å²) in [6.07, 6.45) is 4.06. The molecule has 8 nitrogen and oxygen atoms in total. The largest absolute Gasteiger partial charge is 0.495 e. The van der Waals surface area contributed by atoms with Crippen molar-refractivity contribution in [2.24, 2.45) is 7.05 Å². The summed E-state index contributed by atoms with van der Waals surface area (Å²) >= 11 is 0. The topological polar surface area (TPSA) is 83.9 Å². The molecule has 1 aliphatic heterocycles. The van der Waals surface area contributed by atoms with Crippen molar-refractivity contribution in [1.29, 1.82) is 0 Å². The van der Waals surface area contributed by atoms with Crippen molar-refractivity contribution in [3.8, 4) is 5.75 Å². The minimum absolute atomic E-state index is 0.0191. The minimum atomic E-state index is -3.70. The van der Waals surface area contributed by atoms with Crippen LogP contribution in [0.25, 0.3) is 0 Å². The average Bonchev–Trinajstić information content (AvgIpc) is 3.29. The van der Waals surface area contributed by atoms with Crippen molar-refractivity contribution >= 4 is 21.6 Å². The number of likely N-dealkylation sites (tertiary alicyclic amines) is 1. The first-order valence-electron chi connectivity index (χ1n) is 9.49. The van der Waals surface area contributed by atoms with E-state index in [2.05, 4.69) is 20.9 Å². The number of hydrogen-bond acceptors (Lipinski definition) is 5. The van der Waals surface area contributed by atoms with E-state index >= 15 is 0 Å². The van der Waals surface area contributed by atoms with E-state index in [-0.39, 0.29) is 29.1 Å². The lowest BCUT2D eigenvalue weighted by molar-refractivity contribution is -0.117. The van der Waals surface area contributed by atoms with Crippen LogP contribution in [0.5, 0.6) is 5.75 Å². The van der Waals surface area contributed by atoms with E-state index in [1.165, 1.54) is 33.0 Å². The molecule has 0 radical (unpaired) electrons. The highest BCUT2D eigenvalue weighted by Crippen LogP contribution is 2.32. The van der Waals surface area contributed by atoms with Crippen LogP contribution in [0.4, 0.5) is 5.69 Å². The van der Waals surface area contributed by atoms with Gasteiger partial charge in [-0.1, -0.05) is 0 Å². The standard InChI is InChI=1S/C20H28N4O4S/c1-22(2)29(26,27)19-13-15(9-10-18(19)28-4)21-20(25)14-24-12-6-8-17(24)16-7-5-11-23(16)3/h5,7,9-11,13,17H,6,8,12,14H2,1-4H3,(H,21,25)/t17-/m1/s1. The van der Waals surface area contributed by atoms with Crippen LogP contribution in [-0.4, -0.2) is 62.4 Å². The highest BCUT2D eigenvalue weighted by molar-refractivity contribution is 7.89. The van der Waals surface area contributed by atoms with Gasteiger partial charge in [0.2, 0.25) is 15.9 Å². The number of sulfonamides is 1. The lowest BCUT2D eigenvalue weighted by atomic mass is 10.1. The smallest absolute Gasteiger partial charge is 0.246 e. The van der Waals surface area contributed by atoms with E-state index in [0.29, 0.717) is 5.69 Å². The molecule has 29 heavy (non-hydrogen) atoms. The molecule has 1 saturated heterocycles. The second kappa shape index (κ2) is 8.56. The highest BCUT2D eigenvalue weighted by Gasteiger charge is 2.29. The van der Waals surface area contributed by atoms with Crippen LogP contribution < -0.4 is 10.1 Å². The van der Waals surface area contributed by atoms with Gasteiger partial charge in [0, 0.05) is 38.7 Å². The zero-order valence-corrected chi connectivity index (χ0v) is 18.1. The number of aryl methyl sites for hydroxylation is 1. The highest BCUT2D eigenvalue weighted by atomic mass is 32.2. The van der Waals surface area contributed by atoms with Crippen LogP contribution >= 0.6 is 0 Å². The molecule has 1 aromatic carbocycles. The summed E-state index contributed by atoms with van der Waals surface area (Å²) < 4.78 is 33.5. The van der Waals surface area contributed by atoms with Crippen molar-refractivity contribution in [1.82, 2.24) is 13.8 Å². The SMILES string of the molecule is COc1ccc(NC(=O)CN2CCC[C@@H]2c2cccn2C)cc1S(=O)(=O)N(C)C. The van der Waals surface area contributed by atoms with Crippen LogP contribution in [-0.2, 0) is 21.9 Å². The molecule has 0 saturated carbocycles. The first-order chi connectivity index (χ1) is 13.7. The lowest BCUT2D eigenvalue weighted by Gasteiger charge is -2.24. The molecule has 2 heterocycles. The Hall–Kier alpha value is -2.36. The number of benzene rings is 1. The molecule has 0 bridgehead atoms. The Balaban J connectivity index is 1.75. The summed E-state index contributed by atoms with van der Waals surface area (Å²) in [5, 5.41) is 2.83. The van der Waals surface area contributed by atoms with Crippen molar-refractivity contribution in [2.75, 3.05) is 39.6 Å². The molecule has 2 aromatic rings. The lowest BCUT2D eigenvalue weighted by Crippen LogP contribution is -2.33. The van der Waals surface area contributed by atoms with E-state index in [9.17, 15) is 13.2 Å². The number of hydrogen-bond donors (Lipinski definition) is 1. The number of nitrogens with one attached hydrogen (secondary N) is 1. The van der Waals surface area contributed by atoms with Crippen LogP contribution in [0.2, 0.25) is 0 Å². The van der Waals surface area contributed by atoms with Gasteiger partial charge in [0.15, 0.2) is 0 Å². The monoisotopic (exact) mass is 420 g/mol. The van der Waals surface area contributed by atoms with E-state index in [1.54, 1.807) is 12.1 Å². The number of aromatic nitrogens is 1. The van der Waals surface area contributed by atoms with Gasteiger partial charge >= 0.3 is 0 Å². The van der Waals surface area contributed by atoms with Crippen molar-refractivity contribution in [3.63, 3.8) is 0 Å². The normalized spacial score (nSPS) is 17.6. The number of rotatable bonds is 7. The molecule has 1 N–H and O–H groups in total. The fraction of sp³-hybridized carbons (Fsp3) is 0.450. The first-order valence-corrected chi connectivity index (χ1v) is 10.9. The Morgan fingerprint density at radius 1 is 1.31 bits per heavy atom. The predicted octanol–water partition coefficient (Wildman–Crippen LogP) is 2.06. The van der Waals surface area contributed by atoms with E-state index in [1.807, 2.05) is 19.3 Å². The molecule has 1 aromatic heterocycles. The molecule has 1 aliphatic rings. The van der Waals surface area contributed by atoms with Gasteiger partial charge in [-0.25, -0.2) is 12.7 Å². The van der Waals surface area contributed by atoms with Gasteiger partial charge in [0.1, 0.15) is 10.6 Å². The second-order valence-electron chi connectivity index (χ2n) is 7.37. The Bertz CT molecular complexity index is 984. The maximum Gasteiger partial charge on any atom is 0.246 e. The first kappa shape index (κ1) is 21.4. The number of nitrogens with zero attached hydrogens (tertiary/aromatic N) is 3. The van der Waals surface area contributed by atoms with E-state index in [4.69, 9.17) is 4.74 Å². The number of carbonyl (C=O) groups excluding carboxylic acids is 1. The molecule has 9 heteroatoms. The number of carbonyl (C=O) groups is 1. The Kier molecular flexibility index (Phi) is 6.30. The van der Waals surface area contributed by atoms with Gasteiger partial charge in [-0.3, -0.25) is 9.69 Å². The van der Waals surface area contributed by atoms with Crippen LogP contribution in [0.3, 0.4) is 0 Å². The van der Waals surface area contributed by atoms with E-state index in [0.717, 1.165) is 23.7 Å². The molecule has 158 valence electrons. The van der Waals surface area contributed by atoms with Gasteiger partial charge in [0.05, 0.1) is 19.7 Å². The van der Waals surface area contributed by atoms with Crippen LogP contribution in [0.15, 0.2) is 41.4 Å². The molecule has 1 fully saturated rings. The molecule has 0 aliphatic carbocycles. The third kappa shape index (κ3) is 4.47. The molecule has 0 spiro atoms. The Morgan fingerprint density at radius 2 is 2.07 bits per heavy atom. The van der Waals surface area contributed by atoms with Gasteiger partial charge < -0.3 is 14.6 Å². The van der Waals surface area contributed by atoms with Crippen molar-refractivity contribution in [3.05, 3.63) is 42.2 Å². The zero-order chi connectivity index (χ0) is 21.2. The minimum Gasteiger partial charge on any atom is -0.495 e. The van der Waals surface area contributed by atoms with Crippen molar-refractivity contribution < 1.29 is 17.9 Å². The van der Waals surface area contributed by atoms with Gasteiger partial charge in [0.25, 0.3) is 0 Å². The average molecular weight is 421 g/mol. The Labute approximate surface area is 172 Å². The number of amides is 1. The maximum absolute atomic E-state index is 12.7. The molecular weight excluding hydrogens is 392 g/mol. The molecular formula is C20H28N4O4S. The third-order valence-electron chi connectivity index (χ3n) is 5.24.